The second-order valence-electron chi connectivity index (χ2n) is 9.12. The molecule has 4 rings (SSSR count). The van der Waals surface area contributed by atoms with Crippen molar-refractivity contribution in [3.63, 3.8) is 0 Å². The SMILES string of the molecule is C=C[C@@H]1C[C@]1(NC(=O)[C@@H]1C[C@@H](OC(=O)N2Cc3cccc(F)c3C2)CN1C(=O)CC)C(=O)OCC. The fourth-order valence-electron chi connectivity index (χ4n) is 4.90. The van der Waals surface area contributed by atoms with E-state index in [0.717, 1.165) is 5.56 Å². The summed E-state index contributed by atoms with van der Waals surface area (Å²) < 4.78 is 24.8. The van der Waals surface area contributed by atoms with Crippen LogP contribution in [0.25, 0.3) is 0 Å². The molecule has 2 aliphatic heterocycles. The van der Waals surface area contributed by atoms with E-state index in [9.17, 15) is 23.6 Å². The minimum Gasteiger partial charge on any atom is -0.464 e. The molecule has 9 nitrogen and oxygen atoms in total. The third kappa shape index (κ3) is 4.61. The first-order valence-electron chi connectivity index (χ1n) is 11.9. The van der Waals surface area contributed by atoms with Crippen LogP contribution in [0, 0.1) is 11.7 Å². The van der Waals surface area contributed by atoms with Crippen LogP contribution < -0.4 is 5.32 Å². The van der Waals surface area contributed by atoms with Crippen molar-refractivity contribution in [3.8, 4) is 0 Å². The molecule has 188 valence electrons. The smallest absolute Gasteiger partial charge is 0.410 e. The Morgan fingerprint density at radius 1 is 1.26 bits per heavy atom. The highest BCUT2D eigenvalue weighted by atomic mass is 19.1. The summed E-state index contributed by atoms with van der Waals surface area (Å²) in [5.74, 6) is -1.93. The van der Waals surface area contributed by atoms with Gasteiger partial charge in [-0.25, -0.2) is 14.0 Å². The number of amides is 3. The Morgan fingerprint density at radius 3 is 2.66 bits per heavy atom. The van der Waals surface area contributed by atoms with E-state index in [2.05, 4.69) is 11.9 Å². The molecule has 1 saturated carbocycles. The zero-order valence-electron chi connectivity index (χ0n) is 19.9. The predicted molar refractivity (Wildman–Crippen MR) is 122 cm³/mol. The number of benzene rings is 1. The van der Waals surface area contributed by atoms with Crippen molar-refractivity contribution < 1.29 is 33.0 Å². The van der Waals surface area contributed by atoms with Crippen molar-refractivity contribution in [2.75, 3.05) is 13.2 Å². The fourth-order valence-corrected chi connectivity index (χ4v) is 4.90. The average molecular weight is 488 g/mol. The quantitative estimate of drug-likeness (QED) is 0.467. The maximum absolute atomic E-state index is 14.0. The molecule has 2 heterocycles. The summed E-state index contributed by atoms with van der Waals surface area (Å²) in [7, 11) is 0. The topological polar surface area (TPSA) is 105 Å². The summed E-state index contributed by atoms with van der Waals surface area (Å²) >= 11 is 0. The lowest BCUT2D eigenvalue weighted by atomic mass is 10.1. The number of esters is 1. The van der Waals surface area contributed by atoms with Gasteiger partial charge < -0.3 is 19.7 Å². The van der Waals surface area contributed by atoms with Gasteiger partial charge in [0.05, 0.1) is 19.7 Å². The zero-order chi connectivity index (χ0) is 25.3. The molecule has 0 radical (unpaired) electrons. The summed E-state index contributed by atoms with van der Waals surface area (Å²) in [5.41, 5.74) is -0.00378. The molecule has 0 spiro atoms. The Hall–Kier alpha value is -3.43. The number of carbonyl (C=O) groups excluding carboxylic acids is 4. The van der Waals surface area contributed by atoms with Crippen LogP contribution in [-0.4, -0.2) is 64.5 Å². The lowest BCUT2D eigenvalue weighted by molar-refractivity contribution is -0.150. The first-order valence-corrected chi connectivity index (χ1v) is 11.9. The van der Waals surface area contributed by atoms with Crippen LogP contribution in [0.15, 0.2) is 30.9 Å². The molecule has 1 aliphatic carbocycles. The fraction of sp³-hybridized carbons (Fsp3) is 0.520. The van der Waals surface area contributed by atoms with Crippen LogP contribution >= 0.6 is 0 Å². The molecule has 3 amide bonds. The van der Waals surface area contributed by atoms with Crippen LogP contribution in [0.2, 0.25) is 0 Å². The summed E-state index contributed by atoms with van der Waals surface area (Å²) in [6.45, 7) is 7.64. The summed E-state index contributed by atoms with van der Waals surface area (Å²) in [6, 6.07) is 3.81. The molecule has 10 heteroatoms. The number of hydrogen-bond donors (Lipinski definition) is 1. The van der Waals surface area contributed by atoms with Gasteiger partial charge in [0, 0.05) is 30.9 Å². The van der Waals surface area contributed by atoms with Crippen LogP contribution in [0.3, 0.4) is 0 Å². The Labute approximate surface area is 203 Å². The number of halogens is 1. The van der Waals surface area contributed by atoms with Crippen LogP contribution in [-0.2, 0) is 36.9 Å². The van der Waals surface area contributed by atoms with E-state index in [-0.39, 0.29) is 56.7 Å². The zero-order valence-corrected chi connectivity index (χ0v) is 19.9. The summed E-state index contributed by atoms with van der Waals surface area (Å²) in [4.78, 5) is 53.9. The monoisotopic (exact) mass is 487 g/mol. The van der Waals surface area contributed by atoms with Gasteiger partial charge in [0.15, 0.2) is 0 Å². The van der Waals surface area contributed by atoms with E-state index in [1.54, 1.807) is 32.1 Å². The molecule has 35 heavy (non-hydrogen) atoms. The van der Waals surface area contributed by atoms with Crippen molar-refractivity contribution in [1.82, 2.24) is 15.1 Å². The Kier molecular flexibility index (Phi) is 6.82. The van der Waals surface area contributed by atoms with Gasteiger partial charge in [-0.1, -0.05) is 25.1 Å². The standard InChI is InChI=1S/C25H30FN3O6/c1-4-16-11-25(16,23(32)34-6-3)27-22(31)20-10-17(13-29(20)21(30)5-2)35-24(33)28-12-15-8-7-9-19(26)18(15)14-28/h4,7-9,16-17,20H,1,5-6,10-14H2,2-3H3,(H,27,31)/t16-,17-,20+,25-/m1/s1. The number of rotatable bonds is 7. The van der Waals surface area contributed by atoms with Crippen LogP contribution in [0.1, 0.15) is 44.2 Å². The molecule has 1 N–H and O–H groups in total. The second-order valence-corrected chi connectivity index (χ2v) is 9.12. The largest absolute Gasteiger partial charge is 0.464 e. The average Bonchev–Trinajstić information content (AvgIpc) is 3.17. The third-order valence-electron chi connectivity index (χ3n) is 6.93. The third-order valence-corrected chi connectivity index (χ3v) is 6.93. The summed E-state index contributed by atoms with van der Waals surface area (Å²) in [5, 5.41) is 2.78. The molecular weight excluding hydrogens is 457 g/mol. The van der Waals surface area contributed by atoms with E-state index in [1.165, 1.54) is 15.9 Å². The molecule has 1 aromatic carbocycles. The number of nitrogens with one attached hydrogen (secondary N) is 1. The van der Waals surface area contributed by atoms with Gasteiger partial charge in [0.25, 0.3) is 0 Å². The van der Waals surface area contributed by atoms with E-state index >= 15 is 0 Å². The number of fused-ring (bicyclic) bond motifs is 1. The van der Waals surface area contributed by atoms with Crippen molar-refractivity contribution in [3.05, 3.63) is 47.8 Å². The van der Waals surface area contributed by atoms with E-state index in [1.807, 2.05) is 0 Å². The molecule has 0 bridgehead atoms. The van der Waals surface area contributed by atoms with Gasteiger partial charge in [-0.15, -0.1) is 6.58 Å². The predicted octanol–water partition coefficient (Wildman–Crippen LogP) is 2.28. The normalized spacial score (nSPS) is 26.7. The molecule has 4 atom stereocenters. The molecule has 0 unspecified atom stereocenters. The van der Waals surface area contributed by atoms with Gasteiger partial charge in [-0.05, 0) is 25.0 Å². The maximum Gasteiger partial charge on any atom is 0.410 e. The van der Waals surface area contributed by atoms with Gasteiger partial charge in [0.1, 0.15) is 23.5 Å². The molecule has 1 saturated heterocycles. The molecule has 3 aliphatic rings. The lowest BCUT2D eigenvalue weighted by Gasteiger charge is -2.25. The Balaban J connectivity index is 1.43. The number of nitrogens with zero attached hydrogens (tertiary/aromatic N) is 2. The number of hydrogen-bond acceptors (Lipinski definition) is 6. The van der Waals surface area contributed by atoms with Crippen molar-refractivity contribution in [2.45, 2.75) is 63.9 Å². The van der Waals surface area contributed by atoms with Gasteiger partial charge in [0.2, 0.25) is 11.8 Å². The van der Waals surface area contributed by atoms with Crippen LogP contribution in [0.4, 0.5) is 9.18 Å². The van der Waals surface area contributed by atoms with E-state index in [4.69, 9.17) is 9.47 Å². The van der Waals surface area contributed by atoms with Gasteiger partial charge >= 0.3 is 12.1 Å². The first kappa shape index (κ1) is 24.7. The number of ether oxygens (including phenoxy) is 2. The minimum atomic E-state index is -1.18. The molecule has 2 fully saturated rings. The Bertz CT molecular complexity index is 1060. The van der Waals surface area contributed by atoms with Crippen molar-refractivity contribution in [1.29, 1.82) is 0 Å². The highest BCUT2D eigenvalue weighted by Gasteiger charge is 2.62. The van der Waals surface area contributed by atoms with Crippen molar-refractivity contribution >= 4 is 23.9 Å². The Morgan fingerprint density at radius 2 is 2.03 bits per heavy atom. The van der Waals surface area contributed by atoms with Crippen LogP contribution in [0.5, 0.6) is 0 Å². The highest BCUT2D eigenvalue weighted by Crippen LogP contribution is 2.45. The first-order chi connectivity index (χ1) is 16.7. The highest BCUT2D eigenvalue weighted by molar-refractivity contribution is 5.95. The summed E-state index contributed by atoms with van der Waals surface area (Å²) in [6.07, 6.45) is 0.893. The van der Waals surface area contributed by atoms with Gasteiger partial charge in [-0.3, -0.25) is 14.5 Å². The minimum absolute atomic E-state index is 0.0585. The number of carbonyl (C=O) groups is 4. The molecule has 1 aromatic rings. The number of likely N-dealkylation sites (tertiary alicyclic amines) is 1. The van der Waals surface area contributed by atoms with E-state index < -0.39 is 35.7 Å². The van der Waals surface area contributed by atoms with Crippen molar-refractivity contribution in [2.24, 2.45) is 5.92 Å². The molecular formula is C25H30FN3O6. The van der Waals surface area contributed by atoms with E-state index in [0.29, 0.717) is 12.0 Å². The molecule has 0 aromatic heterocycles. The van der Waals surface area contributed by atoms with Gasteiger partial charge in [-0.2, -0.15) is 0 Å². The second kappa shape index (κ2) is 9.67. The maximum atomic E-state index is 14.0. The lowest BCUT2D eigenvalue weighted by Crippen LogP contribution is -2.53.